The minimum absolute atomic E-state index is 0. The summed E-state index contributed by atoms with van der Waals surface area (Å²) in [7, 11) is 0. The molecule has 3 aliphatic rings. The zero-order chi connectivity index (χ0) is 35.0. The first-order chi connectivity index (χ1) is 22.7. The van der Waals surface area contributed by atoms with Crippen molar-refractivity contribution in [3.8, 4) is 0 Å². The molecule has 17 heteroatoms. The molecule has 4 aromatic rings. The number of anilines is 5. The highest BCUT2D eigenvalue weighted by atomic mass is 35.5. The summed E-state index contributed by atoms with van der Waals surface area (Å²) in [6.07, 6.45) is 6.24. The highest BCUT2D eigenvalue weighted by Crippen LogP contribution is 2.58. The van der Waals surface area contributed by atoms with Crippen molar-refractivity contribution in [2.75, 3.05) is 29.1 Å². The number of aromatic nitrogens is 3. The maximum absolute atomic E-state index is 12.6. The summed E-state index contributed by atoms with van der Waals surface area (Å²) in [5, 5.41) is 14.8. The number of nitrogens with two attached hydrogens (primary N) is 4. The number of hydrogen-bond acceptors (Lipinski definition) is 13. The van der Waals surface area contributed by atoms with Crippen LogP contribution in [0, 0.1) is 10.8 Å². The number of nitrogen functional groups attached to an aromatic ring is 3. The van der Waals surface area contributed by atoms with Gasteiger partial charge in [0.25, 0.3) is 16.8 Å². The van der Waals surface area contributed by atoms with Crippen LogP contribution < -0.4 is 44.4 Å². The number of nitrogens with zero attached hydrogens (tertiary/aromatic N) is 3. The van der Waals surface area contributed by atoms with E-state index in [1.54, 1.807) is 24.3 Å². The smallest absolute Gasteiger partial charge is 0.353 e. The summed E-state index contributed by atoms with van der Waals surface area (Å²) in [5.41, 5.74) is 22.2. The molecule has 3 aliphatic carbocycles. The zero-order valence-corrected chi connectivity index (χ0v) is 27.9. The summed E-state index contributed by atoms with van der Waals surface area (Å²) in [6, 6.07) is 8.01. The van der Waals surface area contributed by atoms with Gasteiger partial charge in [-0.3, -0.25) is 23.6 Å². The van der Waals surface area contributed by atoms with Gasteiger partial charge >= 0.3 is 11.9 Å². The number of benzene rings is 1. The number of aromatic carboxylic acids is 1. The van der Waals surface area contributed by atoms with Gasteiger partial charge in [-0.15, -0.1) is 12.4 Å². The molecule has 16 nitrogen and oxygen atoms in total. The van der Waals surface area contributed by atoms with E-state index >= 15 is 0 Å². The molecule has 2 aromatic heterocycles. The number of nitrogens with one attached hydrogen (secondary N) is 2. The summed E-state index contributed by atoms with van der Waals surface area (Å²) in [6.45, 7) is 4.55. The lowest BCUT2D eigenvalue weighted by molar-refractivity contribution is -0.166. The number of carboxylic acid groups (broad SMARTS) is 1. The van der Waals surface area contributed by atoms with Gasteiger partial charge in [0.05, 0.1) is 12.0 Å². The third-order valence-corrected chi connectivity index (χ3v) is 9.67. The van der Waals surface area contributed by atoms with Crippen LogP contribution in [0.4, 0.5) is 28.8 Å². The fourth-order valence-electron chi connectivity index (χ4n) is 6.60. The van der Waals surface area contributed by atoms with Crippen molar-refractivity contribution in [2.24, 2.45) is 16.6 Å². The molecule has 2 bridgehead atoms. The van der Waals surface area contributed by atoms with Crippen molar-refractivity contribution >= 4 is 64.7 Å². The van der Waals surface area contributed by atoms with Crippen LogP contribution in [-0.2, 0) is 16.1 Å². The van der Waals surface area contributed by atoms with Gasteiger partial charge in [-0.2, -0.15) is 4.98 Å². The first-order valence-electron chi connectivity index (χ1n) is 15.6. The average molecular weight is 714 g/mol. The van der Waals surface area contributed by atoms with Gasteiger partial charge in [-0.1, -0.05) is 19.6 Å². The molecule has 50 heavy (non-hydrogen) atoms. The van der Waals surface area contributed by atoms with Crippen LogP contribution >= 0.6 is 12.4 Å². The second-order valence-electron chi connectivity index (χ2n) is 12.5. The van der Waals surface area contributed by atoms with E-state index in [2.05, 4.69) is 27.5 Å². The molecule has 0 aliphatic heterocycles. The molecule has 2 aromatic carbocycles. The van der Waals surface area contributed by atoms with Crippen LogP contribution in [0.1, 0.15) is 86.3 Å². The molecule has 3 fully saturated rings. The number of ether oxygens (including phenoxy) is 1. The Kier molecular flexibility index (Phi) is 11.9. The fourth-order valence-corrected chi connectivity index (χ4v) is 6.60. The van der Waals surface area contributed by atoms with E-state index in [0.717, 1.165) is 49.0 Å². The minimum atomic E-state index is -1.34. The van der Waals surface area contributed by atoms with Crippen LogP contribution in [0.25, 0.3) is 5.65 Å². The number of halogens is 1. The lowest BCUT2D eigenvalue weighted by atomic mass is 9.52. The van der Waals surface area contributed by atoms with Gasteiger partial charge in [0.15, 0.2) is 11.5 Å². The number of fused-ring (bicyclic) bond motifs is 4. The van der Waals surface area contributed by atoms with E-state index in [1.165, 1.54) is 0 Å². The Balaban J connectivity index is 0.000000318. The minimum Gasteiger partial charge on any atom is -0.477 e. The first kappa shape index (κ1) is 39.2. The fraction of sp³-hybridized carbons (Fsp3) is 0.424. The van der Waals surface area contributed by atoms with E-state index in [9.17, 15) is 29.1 Å². The quantitative estimate of drug-likeness (QED) is 0.0971. The van der Waals surface area contributed by atoms with Gasteiger partial charge in [0.1, 0.15) is 22.8 Å². The van der Waals surface area contributed by atoms with E-state index in [-0.39, 0.29) is 84.0 Å². The molecule has 0 saturated heterocycles. The second-order valence-corrected chi connectivity index (χ2v) is 12.5. The van der Waals surface area contributed by atoms with Crippen molar-refractivity contribution in [1.29, 1.82) is 0 Å². The predicted octanol–water partition coefficient (Wildman–Crippen LogP) is 2.74. The van der Waals surface area contributed by atoms with Gasteiger partial charge < -0.3 is 43.4 Å². The molecule has 1 amide bonds. The van der Waals surface area contributed by atoms with E-state index in [1.807, 2.05) is 6.92 Å². The van der Waals surface area contributed by atoms with Gasteiger partial charge in [-0.25, -0.2) is 9.78 Å². The number of esters is 1. The molecular formula is C33H44ClN9O7. The standard InChI is InChI=1S/C19H16N8O5.C13H23NO2.CH4.ClH/c20-11-12(14(29)13(11)28)24-8-3-1-2-7(4-8)6-23-17(30)9-5-10(18(31)32)27-16(25-9)15(21)26-19(27)22;1-3-16-11(15)13-7-4-12(5-8-13,6-9-13)10(2)14;;/h1-5,24H,6,20-21H2,(H2,22,26)(H,23,30)(H,31,32);10H,3-9,14H2,1-2H3;1H4;1H. The van der Waals surface area contributed by atoms with Crippen LogP contribution in [-0.4, -0.2) is 50.0 Å². The molecule has 1 unspecified atom stereocenters. The molecule has 270 valence electrons. The summed E-state index contributed by atoms with van der Waals surface area (Å²) in [4.78, 5) is 66.8. The second kappa shape index (κ2) is 15.1. The summed E-state index contributed by atoms with van der Waals surface area (Å²) >= 11 is 0. The number of rotatable bonds is 9. The van der Waals surface area contributed by atoms with Crippen molar-refractivity contribution in [3.05, 3.63) is 67.7 Å². The van der Waals surface area contributed by atoms with E-state index < -0.39 is 22.7 Å². The summed E-state index contributed by atoms with van der Waals surface area (Å²) < 4.78 is 6.26. The lowest BCUT2D eigenvalue weighted by Crippen LogP contribution is -2.52. The molecule has 3 saturated carbocycles. The third kappa shape index (κ3) is 7.21. The van der Waals surface area contributed by atoms with Crippen molar-refractivity contribution in [3.63, 3.8) is 0 Å². The third-order valence-electron chi connectivity index (χ3n) is 9.67. The Bertz CT molecular complexity index is 1960. The molecule has 7 rings (SSSR count). The maximum Gasteiger partial charge on any atom is 0.353 e. The highest BCUT2D eigenvalue weighted by Gasteiger charge is 2.54. The van der Waals surface area contributed by atoms with Crippen LogP contribution in [0.5, 0.6) is 0 Å². The summed E-state index contributed by atoms with van der Waals surface area (Å²) in [5.74, 6) is -2.24. The molecule has 0 spiro atoms. The van der Waals surface area contributed by atoms with Crippen molar-refractivity contribution in [2.45, 2.75) is 72.4 Å². The van der Waals surface area contributed by atoms with E-state index in [0.29, 0.717) is 23.3 Å². The Hall–Kier alpha value is -5.22. The van der Waals surface area contributed by atoms with E-state index in [4.69, 9.17) is 27.7 Å². The Labute approximate surface area is 294 Å². The molecule has 2 heterocycles. The largest absolute Gasteiger partial charge is 0.477 e. The van der Waals surface area contributed by atoms with Gasteiger partial charge in [0.2, 0.25) is 5.95 Å². The zero-order valence-electron chi connectivity index (χ0n) is 27.1. The number of carboxylic acids is 1. The number of carbonyl (C=O) groups excluding carboxylic acids is 2. The SMILES string of the molecule is C.CCOC(=O)C12CCC(C(C)N)(CC1)CC2.Cl.Nc1c(Nc2cccc(CNC(=O)c3cc(C(=O)O)n4c(N)nc(N)c4n3)c2)c(=O)c1=O. The average Bonchev–Trinajstić information content (AvgIpc) is 3.38. The monoisotopic (exact) mass is 713 g/mol. The highest BCUT2D eigenvalue weighted by molar-refractivity contribution is 5.97. The van der Waals surface area contributed by atoms with Gasteiger partial charge in [0, 0.05) is 24.3 Å². The van der Waals surface area contributed by atoms with Crippen LogP contribution in [0.15, 0.2) is 39.9 Å². The van der Waals surface area contributed by atoms with Gasteiger partial charge in [-0.05, 0) is 75.5 Å². The molecule has 11 N–H and O–H groups in total. The first-order valence-corrected chi connectivity index (χ1v) is 15.6. The molecular weight excluding hydrogens is 670 g/mol. The Morgan fingerprint density at radius 2 is 1.66 bits per heavy atom. The van der Waals surface area contributed by atoms with Crippen LogP contribution in [0.3, 0.4) is 0 Å². The molecule has 0 radical (unpaired) electrons. The number of amides is 1. The predicted molar refractivity (Wildman–Crippen MR) is 192 cm³/mol. The molecule has 1 atom stereocenters. The Morgan fingerprint density at radius 3 is 2.22 bits per heavy atom. The maximum atomic E-state index is 12.6. The normalized spacial score (nSPS) is 19.7. The van der Waals surface area contributed by atoms with Crippen molar-refractivity contribution < 1.29 is 24.2 Å². The topological polar surface area (TPSA) is 273 Å². The number of carbonyl (C=O) groups is 3. The number of hydrogen-bond donors (Lipinski definition) is 7. The van der Waals surface area contributed by atoms with Crippen molar-refractivity contribution in [1.82, 2.24) is 19.7 Å². The van der Waals surface area contributed by atoms with Crippen LogP contribution in [0.2, 0.25) is 0 Å². The Morgan fingerprint density at radius 1 is 1.02 bits per heavy atom. The lowest BCUT2D eigenvalue weighted by Gasteiger charge is -2.53. The number of imidazole rings is 1.